The fourth-order valence-corrected chi connectivity index (χ4v) is 1.91. The molecule has 0 saturated carbocycles. The largest absolute Gasteiger partial charge is 0.462 e. The van der Waals surface area contributed by atoms with Crippen LogP contribution >= 0.6 is 0 Å². The van der Waals surface area contributed by atoms with Gasteiger partial charge in [-0.15, -0.1) is 0 Å². The molecule has 0 radical (unpaired) electrons. The molecule has 0 unspecified atom stereocenters. The molecular weight excluding hydrogens is 288 g/mol. The van der Waals surface area contributed by atoms with Gasteiger partial charge in [0.25, 0.3) is 0 Å². The molecule has 0 aromatic heterocycles. The van der Waals surface area contributed by atoms with E-state index in [-0.39, 0.29) is 6.61 Å². The number of esters is 1. The summed E-state index contributed by atoms with van der Waals surface area (Å²) in [7, 11) is 0. The summed E-state index contributed by atoms with van der Waals surface area (Å²) in [6.45, 7) is 2.05. The minimum absolute atomic E-state index is 0.00577. The average molecular weight is 306 g/mol. The highest BCUT2D eigenvalue weighted by atomic mass is 19.4. The molecule has 2 nitrogen and oxygen atoms in total. The maximum atomic E-state index is 13.5. The van der Waals surface area contributed by atoms with Crippen molar-refractivity contribution in [3.8, 4) is 0 Å². The Morgan fingerprint density at radius 1 is 1.14 bits per heavy atom. The number of rotatable bonds is 7. The van der Waals surface area contributed by atoms with Gasteiger partial charge in [-0.2, -0.15) is 13.2 Å². The molecule has 6 heteroatoms. The zero-order valence-electron chi connectivity index (χ0n) is 11.8. The third kappa shape index (κ3) is 5.36. The molecule has 0 aliphatic rings. The van der Waals surface area contributed by atoms with Crippen LogP contribution in [0.4, 0.5) is 17.6 Å². The molecule has 0 spiro atoms. The highest BCUT2D eigenvalue weighted by Gasteiger charge is 2.37. The zero-order valence-corrected chi connectivity index (χ0v) is 11.8. The Balaban J connectivity index is 2.66. The lowest BCUT2D eigenvalue weighted by Crippen LogP contribution is -2.17. The normalized spacial score (nSPS) is 11.5. The second-order valence-corrected chi connectivity index (χ2v) is 4.71. The van der Waals surface area contributed by atoms with Crippen molar-refractivity contribution < 1.29 is 27.1 Å². The van der Waals surface area contributed by atoms with Gasteiger partial charge in [0.2, 0.25) is 0 Å². The monoisotopic (exact) mass is 306 g/mol. The second-order valence-electron chi connectivity index (χ2n) is 4.71. The fourth-order valence-electron chi connectivity index (χ4n) is 1.91. The molecular formula is C15H18F4O2. The minimum atomic E-state index is -4.79. The number of hydrogen-bond donors (Lipinski definition) is 0. The Morgan fingerprint density at radius 3 is 2.43 bits per heavy atom. The number of hydrogen-bond acceptors (Lipinski definition) is 2. The Morgan fingerprint density at radius 2 is 1.81 bits per heavy atom. The van der Waals surface area contributed by atoms with Gasteiger partial charge in [-0.1, -0.05) is 38.7 Å². The Labute approximate surface area is 121 Å². The number of carbonyl (C=O) groups is 1. The fraction of sp³-hybridized carbons (Fsp3) is 0.533. The average Bonchev–Trinajstić information content (AvgIpc) is 2.41. The topological polar surface area (TPSA) is 26.3 Å². The molecule has 0 heterocycles. The zero-order chi connectivity index (χ0) is 15.9. The van der Waals surface area contributed by atoms with Crippen molar-refractivity contribution in [1.82, 2.24) is 0 Å². The molecule has 118 valence electrons. The van der Waals surface area contributed by atoms with E-state index >= 15 is 0 Å². The molecule has 1 aromatic carbocycles. The summed E-state index contributed by atoms with van der Waals surface area (Å²) in [5.41, 5.74) is -2.35. The van der Waals surface area contributed by atoms with Gasteiger partial charge >= 0.3 is 12.1 Å². The molecule has 0 amide bonds. The van der Waals surface area contributed by atoms with Crippen molar-refractivity contribution in [3.63, 3.8) is 0 Å². The lowest BCUT2D eigenvalue weighted by molar-refractivity contribution is -0.138. The van der Waals surface area contributed by atoms with Crippen LogP contribution in [-0.4, -0.2) is 12.6 Å². The first-order chi connectivity index (χ1) is 9.88. The number of halogens is 4. The van der Waals surface area contributed by atoms with E-state index in [1.54, 1.807) is 0 Å². The lowest BCUT2D eigenvalue weighted by Gasteiger charge is -2.13. The molecule has 0 aliphatic heterocycles. The van der Waals surface area contributed by atoms with E-state index in [1.165, 1.54) is 0 Å². The first kappa shape index (κ1) is 17.5. The standard InChI is InChI=1S/C15H18F4O2/c1-2-3-4-5-6-10-21-14(20)13-11(15(17,18)19)8-7-9-12(13)16/h7-9H,2-6,10H2,1H3. The number of alkyl halides is 3. The summed E-state index contributed by atoms with van der Waals surface area (Å²) < 4.78 is 56.5. The molecule has 0 bridgehead atoms. The van der Waals surface area contributed by atoms with Crippen LogP contribution in [0.5, 0.6) is 0 Å². The summed E-state index contributed by atoms with van der Waals surface area (Å²) in [6.07, 6.45) is -0.325. The summed E-state index contributed by atoms with van der Waals surface area (Å²) in [5.74, 6) is -2.49. The SMILES string of the molecule is CCCCCCCOC(=O)c1c(F)cccc1C(F)(F)F. The molecule has 0 atom stereocenters. The maximum Gasteiger partial charge on any atom is 0.417 e. The summed E-state index contributed by atoms with van der Waals surface area (Å²) >= 11 is 0. The van der Waals surface area contributed by atoms with E-state index in [0.29, 0.717) is 12.5 Å². The first-order valence-corrected chi connectivity index (χ1v) is 6.90. The summed E-state index contributed by atoms with van der Waals surface area (Å²) in [4.78, 5) is 11.7. The smallest absolute Gasteiger partial charge is 0.417 e. The summed E-state index contributed by atoms with van der Waals surface area (Å²) in [6, 6.07) is 2.40. The van der Waals surface area contributed by atoms with Crippen LogP contribution in [0.25, 0.3) is 0 Å². The van der Waals surface area contributed by atoms with Crippen LogP contribution in [-0.2, 0) is 10.9 Å². The maximum absolute atomic E-state index is 13.5. The van der Waals surface area contributed by atoms with Crippen LogP contribution in [0.1, 0.15) is 54.9 Å². The van der Waals surface area contributed by atoms with Gasteiger partial charge in [0.05, 0.1) is 12.2 Å². The number of benzene rings is 1. The minimum Gasteiger partial charge on any atom is -0.462 e. The predicted octanol–water partition coefficient (Wildman–Crippen LogP) is 4.97. The number of unbranched alkanes of at least 4 members (excludes halogenated alkanes) is 4. The third-order valence-corrected chi connectivity index (χ3v) is 3.00. The Bertz CT molecular complexity index is 469. The van der Waals surface area contributed by atoms with Crippen molar-refractivity contribution in [2.24, 2.45) is 0 Å². The van der Waals surface area contributed by atoms with Gasteiger partial charge in [0.15, 0.2) is 0 Å². The lowest BCUT2D eigenvalue weighted by atomic mass is 10.1. The van der Waals surface area contributed by atoms with E-state index in [9.17, 15) is 22.4 Å². The highest BCUT2D eigenvalue weighted by Crippen LogP contribution is 2.33. The van der Waals surface area contributed by atoms with Gasteiger partial charge in [-0.3, -0.25) is 0 Å². The quantitative estimate of drug-likeness (QED) is 0.404. The molecule has 21 heavy (non-hydrogen) atoms. The van der Waals surface area contributed by atoms with Crippen LogP contribution in [0.3, 0.4) is 0 Å². The third-order valence-electron chi connectivity index (χ3n) is 3.00. The predicted molar refractivity (Wildman–Crippen MR) is 70.4 cm³/mol. The molecule has 0 aliphatic carbocycles. The van der Waals surface area contributed by atoms with Crippen molar-refractivity contribution in [3.05, 3.63) is 35.1 Å². The Kier molecular flexibility index (Phi) is 6.65. The van der Waals surface area contributed by atoms with Gasteiger partial charge in [-0.05, 0) is 18.6 Å². The van der Waals surface area contributed by atoms with Crippen LogP contribution < -0.4 is 0 Å². The van der Waals surface area contributed by atoms with Crippen molar-refractivity contribution in [2.45, 2.75) is 45.2 Å². The van der Waals surface area contributed by atoms with Crippen molar-refractivity contribution >= 4 is 5.97 Å². The van der Waals surface area contributed by atoms with E-state index in [0.717, 1.165) is 37.8 Å². The van der Waals surface area contributed by atoms with Gasteiger partial charge < -0.3 is 4.74 Å². The van der Waals surface area contributed by atoms with Crippen molar-refractivity contribution in [2.75, 3.05) is 6.61 Å². The van der Waals surface area contributed by atoms with Crippen LogP contribution in [0, 0.1) is 5.82 Å². The summed E-state index contributed by atoms with van der Waals surface area (Å²) in [5, 5.41) is 0. The van der Waals surface area contributed by atoms with E-state index in [2.05, 4.69) is 6.92 Å². The van der Waals surface area contributed by atoms with E-state index in [1.807, 2.05) is 0 Å². The molecule has 1 rings (SSSR count). The van der Waals surface area contributed by atoms with Crippen LogP contribution in [0.15, 0.2) is 18.2 Å². The van der Waals surface area contributed by atoms with Gasteiger partial charge in [0, 0.05) is 0 Å². The van der Waals surface area contributed by atoms with Gasteiger partial charge in [-0.25, -0.2) is 9.18 Å². The molecule has 0 N–H and O–H groups in total. The number of ether oxygens (including phenoxy) is 1. The highest BCUT2D eigenvalue weighted by molar-refractivity contribution is 5.91. The molecule has 0 saturated heterocycles. The van der Waals surface area contributed by atoms with E-state index < -0.39 is 29.1 Å². The number of carbonyl (C=O) groups excluding carboxylic acids is 1. The molecule has 1 aromatic rings. The van der Waals surface area contributed by atoms with Crippen LogP contribution in [0.2, 0.25) is 0 Å². The second kappa shape index (κ2) is 8.00. The molecule has 0 fully saturated rings. The first-order valence-electron chi connectivity index (χ1n) is 6.90. The Hall–Kier alpha value is -1.59. The van der Waals surface area contributed by atoms with Gasteiger partial charge in [0.1, 0.15) is 11.4 Å². The van der Waals surface area contributed by atoms with E-state index in [4.69, 9.17) is 4.74 Å². The van der Waals surface area contributed by atoms with Crippen molar-refractivity contribution in [1.29, 1.82) is 0 Å².